The fourth-order valence-electron chi connectivity index (χ4n) is 1.87. The first-order valence-electron chi connectivity index (χ1n) is 4.49. The largest absolute Gasteiger partial charge is 0.281 e. The van der Waals surface area contributed by atoms with E-state index in [9.17, 15) is 14.4 Å². The zero-order valence-electron chi connectivity index (χ0n) is 7.71. The molecular weight excluding hydrogens is 262 g/mol. The predicted octanol–water partition coefficient (Wildman–Crippen LogP) is 2.32. The lowest BCUT2D eigenvalue weighted by Crippen LogP contribution is -2.31. The Labute approximate surface area is 102 Å². The molecule has 1 rings (SSSR count). The van der Waals surface area contributed by atoms with Gasteiger partial charge in [0.25, 0.3) is 0 Å². The van der Waals surface area contributed by atoms with Crippen LogP contribution in [0.4, 0.5) is 0 Å². The van der Waals surface area contributed by atoms with E-state index in [4.69, 9.17) is 34.8 Å². The Bertz CT molecular complexity index is 249. The fraction of sp³-hybridized carbons (Fsp3) is 0.667. The van der Waals surface area contributed by atoms with Crippen LogP contribution in [0.15, 0.2) is 0 Å². The van der Waals surface area contributed by atoms with Gasteiger partial charge in [-0.2, -0.15) is 0 Å². The van der Waals surface area contributed by atoms with E-state index in [-0.39, 0.29) is 0 Å². The molecule has 0 radical (unpaired) electrons. The van der Waals surface area contributed by atoms with Crippen LogP contribution in [0.3, 0.4) is 0 Å². The van der Waals surface area contributed by atoms with Gasteiger partial charge in [0, 0.05) is 17.8 Å². The lowest BCUT2D eigenvalue weighted by Gasteiger charge is -2.29. The minimum atomic E-state index is -0.541. The molecule has 1 aliphatic carbocycles. The van der Waals surface area contributed by atoms with Gasteiger partial charge in [-0.25, -0.2) is 0 Å². The average molecular weight is 272 g/mol. The monoisotopic (exact) mass is 270 g/mol. The van der Waals surface area contributed by atoms with E-state index >= 15 is 0 Å². The maximum atomic E-state index is 11.0. The number of hydrogen-bond donors (Lipinski definition) is 0. The van der Waals surface area contributed by atoms with Gasteiger partial charge < -0.3 is 0 Å². The zero-order chi connectivity index (χ0) is 11.6. The fourth-order valence-corrected chi connectivity index (χ4v) is 2.41. The highest BCUT2D eigenvalue weighted by Crippen LogP contribution is 2.36. The summed E-state index contributed by atoms with van der Waals surface area (Å²) in [6.07, 6.45) is 0.933. The minimum Gasteiger partial charge on any atom is -0.281 e. The molecule has 0 atom stereocenters. The van der Waals surface area contributed by atoms with Crippen molar-refractivity contribution in [3.8, 4) is 0 Å². The van der Waals surface area contributed by atoms with Gasteiger partial charge in [0.05, 0.1) is 0 Å². The maximum absolute atomic E-state index is 11.0. The van der Waals surface area contributed by atoms with Crippen molar-refractivity contribution >= 4 is 50.5 Å². The van der Waals surface area contributed by atoms with Crippen LogP contribution in [0.5, 0.6) is 0 Å². The molecule has 0 aromatic heterocycles. The summed E-state index contributed by atoms with van der Waals surface area (Å²) in [5.41, 5.74) is 0. The Morgan fingerprint density at radius 2 is 0.867 bits per heavy atom. The van der Waals surface area contributed by atoms with Gasteiger partial charge in [0.2, 0.25) is 15.7 Å². The topological polar surface area (TPSA) is 51.2 Å². The number of carbonyl (C=O) groups excluding carboxylic acids is 3. The van der Waals surface area contributed by atoms with E-state index in [0.29, 0.717) is 19.3 Å². The lowest BCUT2D eigenvalue weighted by atomic mass is 9.76. The van der Waals surface area contributed by atoms with E-state index < -0.39 is 33.5 Å². The molecule has 0 N–H and O–H groups in total. The molecule has 0 aromatic carbocycles. The Morgan fingerprint density at radius 3 is 1.00 bits per heavy atom. The van der Waals surface area contributed by atoms with Crippen LogP contribution in [0.1, 0.15) is 19.3 Å². The molecule has 1 aliphatic rings. The molecule has 1 saturated carbocycles. The number of rotatable bonds is 3. The second-order valence-electron chi connectivity index (χ2n) is 3.71. The smallest absolute Gasteiger partial charge is 0.224 e. The van der Waals surface area contributed by atoms with Crippen LogP contribution in [0.25, 0.3) is 0 Å². The zero-order valence-corrected chi connectivity index (χ0v) is 9.98. The van der Waals surface area contributed by atoms with E-state index in [0.717, 1.165) is 0 Å². The summed E-state index contributed by atoms with van der Waals surface area (Å²) >= 11 is 16.0. The standard InChI is InChI=1S/C9H9Cl3O3/c10-7(13)4-1-5(8(11)14)3-6(2-4)9(12)15/h4-6H,1-3H2/t4-,5+,6-. The van der Waals surface area contributed by atoms with Crippen LogP contribution in [-0.2, 0) is 14.4 Å². The quantitative estimate of drug-likeness (QED) is 0.740. The third-order valence-electron chi connectivity index (χ3n) is 2.67. The molecule has 3 nitrogen and oxygen atoms in total. The van der Waals surface area contributed by atoms with Crippen molar-refractivity contribution in [1.82, 2.24) is 0 Å². The minimum absolute atomic E-state index is 0.311. The summed E-state index contributed by atoms with van der Waals surface area (Å²) in [4.78, 5) is 33.0. The molecule has 6 heteroatoms. The highest BCUT2D eigenvalue weighted by Gasteiger charge is 2.37. The first-order chi connectivity index (χ1) is 6.91. The third-order valence-corrected chi connectivity index (χ3v) is 3.60. The van der Waals surface area contributed by atoms with Crippen LogP contribution < -0.4 is 0 Å². The molecular formula is C9H9Cl3O3. The van der Waals surface area contributed by atoms with Crippen molar-refractivity contribution in [2.75, 3.05) is 0 Å². The summed E-state index contributed by atoms with van der Waals surface area (Å²) < 4.78 is 0. The normalized spacial score (nSPS) is 31.0. The Kier molecular flexibility index (Phi) is 4.56. The van der Waals surface area contributed by atoms with Gasteiger partial charge in [0.15, 0.2) is 0 Å². The Hall–Kier alpha value is -0.120. The number of hydrogen-bond acceptors (Lipinski definition) is 3. The van der Waals surface area contributed by atoms with Crippen LogP contribution in [0.2, 0.25) is 0 Å². The highest BCUT2D eigenvalue weighted by atomic mass is 35.5. The van der Waals surface area contributed by atoms with Crippen molar-refractivity contribution in [3.63, 3.8) is 0 Å². The maximum Gasteiger partial charge on any atom is 0.224 e. The van der Waals surface area contributed by atoms with Gasteiger partial charge >= 0.3 is 0 Å². The van der Waals surface area contributed by atoms with Crippen LogP contribution >= 0.6 is 34.8 Å². The van der Waals surface area contributed by atoms with Crippen molar-refractivity contribution in [3.05, 3.63) is 0 Å². The molecule has 0 spiro atoms. The summed E-state index contributed by atoms with van der Waals surface area (Å²) in [5, 5.41) is -1.62. The van der Waals surface area contributed by atoms with Gasteiger partial charge in [-0.1, -0.05) is 0 Å². The van der Waals surface area contributed by atoms with Crippen molar-refractivity contribution in [2.45, 2.75) is 19.3 Å². The average Bonchev–Trinajstić information content (AvgIpc) is 2.16. The molecule has 84 valence electrons. The van der Waals surface area contributed by atoms with Gasteiger partial charge in [-0.05, 0) is 54.1 Å². The number of carbonyl (C=O) groups is 3. The molecule has 0 amide bonds. The van der Waals surface area contributed by atoms with Gasteiger partial charge in [-0.15, -0.1) is 0 Å². The number of halogens is 3. The molecule has 0 unspecified atom stereocenters. The second kappa shape index (κ2) is 5.28. The summed E-state index contributed by atoms with van der Waals surface area (Å²) in [5.74, 6) is -1.50. The van der Waals surface area contributed by atoms with E-state index in [1.54, 1.807) is 0 Å². The molecule has 0 heterocycles. The third kappa shape index (κ3) is 3.44. The Balaban J connectivity index is 2.77. The van der Waals surface area contributed by atoms with Crippen molar-refractivity contribution in [1.29, 1.82) is 0 Å². The first-order valence-corrected chi connectivity index (χ1v) is 5.63. The predicted molar refractivity (Wildman–Crippen MR) is 56.9 cm³/mol. The molecule has 0 aromatic rings. The highest BCUT2D eigenvalue weighted by molar-refractivity contribution is 6.65. The van der Waals surface area contributed by atoms with Crippen molar-refractivity contribution in [2.24, 2.45) is 17.8 Å². The summed E-state index contributed by atoms with van der Waals surface area (Å²) in [7, 11) is 0. The van der Waals surface area contributed by atoms with Crippen molar-refractivity contribution < 1.29 is 14.4 Å². The molecule has 0 saturated heterocycles. The lowest BCUT2D eigenvalue weighted by molar-refractivity contribution is -0.123. The van der Waals surface area contributed by atoms with Crippen LogP contribution in [0, 0.1) is 17.8 Å². The SMILES string of the molecule is O=C(Cl)[C@H]1C[C@@H](C(=O)Cl)C[C@@H](C(=O)Cl)C1. The molecule has 0 aliphatic heterocycles. The van der Waals surface area contributed by atoms with Gasteiger partial charge in [-0.3, -0.25) is 14.4 Å². The van der Waals surface area contributed by atoms with E-state index in [1.165, 1.54) is 0 Å². The van der Waals surface area contributed by atoms with Crippen LogP contribution in [-0.4, -0.2) is 15.7 Å². The molecule has 0 bridgehead atoms. The molecule has 15 heavy (non-hydrogen) atoms. The Morgan fingerprint density at radius 1 is 0.667 bits per heavy atom. The second-order valence-corrected chi connectivity index (χ2v) is 4.83. The van der Waals surface area contributed by atoms with E-state index in [1.807, 2.05) is 0 Å². The summed E-state index contributed by atoms with van der Waals surface area (Å²) in [6, 6.07) is 0. The van der Waals surface area contributed by atoms with Gasteiger partial charge in [0.1, 0.15) is 0 Å². The van der Waals surface area contributed by atoms with E-state index in [2.05, 4.69) is 0 Å². The first kappa shape index (κ1) is 12.9. The summed E-state index contributed by atoms with van der Waals surface area (Å²) in [6.45, 7) is 0. The molecule has 1 fully saturated rings.